The topological polar surface area (TPSA) is 61.3 Å². The second kappa shape index (κ2) is 7.64. The van der Waals surface area contributed by atoms with Gasteiger partial charge in [0.1, 0.15) is 0 Å². The van der Waals surface area contributed by atoms with E-state index in [-0.39, 0.29) is 5.78 Å². The first-order valence-electron chi connectivity index (χ1n) is 9.30. The number of ether oxygens (including phenoxy) is 2. The molecule has 0 aliphatic carbocycles. The Kier molecular flexibility index (Phi) is 4.89. The van der Waals surface area contributed by atoms with Gasteiger partial charge in [0.2, 0.25) is 11.8 Å². The van der Waals surface area contributed by atoms with E-state index < -0.39 is 0 Å². The highest BCUT2D eigenvalue weighted by atomic mass is 16.5. The van der Waals surface area contributed by atoms with Crippen LogP contribution in [0.5, 0.6) is 11.8 Å². The zero-order valence-corrected chi connectivity index (χ0v) is 15.8. The van der Waals surface area contributed by atoms with E-state index in [4.69, 9.17) is 9.47 Å². The van der Waals surface area contributed by atoms with Crippen molar-refractivity contribution in [1.29, 1.82) is 0 Å². The summed E-state index contributed by atoms with van der Waals surface area (Å²) in [6, 6.07) is 14.9. The average molecular weight is 372 g/mol. The van der Waals surface area contributed by atoms with E-state index in [0.717, 1.165) is 21.5 Å². The van der Waals surface area contributed by atoms with Crippen molar-refractivity contribution in [3.05, 3.63) is 72.1 Å². The minimum atomic E-state index is -0.0569. The molecule has 0 unspecified atom stereocenters. The molecule has 0 N–H and O–H groups in total. The number of aromatic nitrogens is 2. The molecule has 140 valence electrons. The fourth-order valence-corrected chi connectivity index (χ4v) is 3.41. The van der Waals surface area contributed by atoms with Gasteiger partial charge in [-0.15, -0.1) is 0 Å². The van der Waals surface area contributed by atoms with E-state index in [1.54, 1.807) is 12.4 Å². The first-order valence-corrected chi connectivity index (χ1v) is 9.30. The molecule has 4 aromatic rings. The molecule has 2 aromatic heterocycles. The fourth-order valence-electron chi connectivity index (χ4n) is 3.41. The van der Waals surface area contributed by atoms with E-state index in [9.17, 15) is 4.79 Å². The number of hydrogen-bond donors (Lipinski definition) is 0. The fraction of sp³-hybridized carbons (Fsp3) is 0.174. The van der Waals surface area contributed by atoms with Crippen LogP contribution < -0.4 is 9.47 Å². The van der Waals surface area contributed by atoms with Crippen LogP contribution in [0.3, 0.4) is 0 Å². The Bertz CT molecular complexity index is 1080. The molecule has 5 nitrogen and oxygen atoms in total. The van der Waals surface area contributed by atoms with E-state index in [1.165, 1.54) is 0 Å². The molecule has 0 spiro atoms. The molecular formula is C23H20N2O3. The molecular weight excluding hydrogens is 352 g/mol. The van der Waals surface area contributed by atoms with Gasteiger partial charge in [-0.05, 0) is 48.9 Å². The predicted molar refractivity (Wildman–Crippen MR) is 109 cm³/mol. The first kappa shape index (κ1) is 17.9. The second-order valence-electron chi connectivity index (χ2n) is 6.23. The lowest BCUT2D eigenvalue weighted by molar-refractivity contribution is 0.104. The van der Waals surface area contributed by atoms with E-state index in [2.05, 4.69) is 9.97 Å². The molecule has 4 rings (SSSR count). The summed E-state index contributed by atoms with van der Waals surface area (Å²) >= 11 is 0. The first-order chi connectivity index (χ1) is 13.7. The smallest absolute Gasteiger partial charge is 0.221 e. The van der Waals surface area contributed by atoms with E-state index in [1.807, 2.05) is 62.4 Å². The lowest BCUT2D eigenvalue weighted by Gasteiger charge is -2.12. The predicted octanol–water partition coefficient (Wildman–Crippen LogP) is 4.81. The Hall–Kier alpha value is -3.47. The number of fused-ring (bicyclic) bond motifs is 2. The van der Waals surface area contributed by atoms with Crippen LogP contribution in [0.25, 0.3) is 21.5 Å². The molecule has 0 saturated carbocycles. The summed E-state index contributed by atoms with van der Waals surface area (Å²) in [6.45, 7) is 4.85. The summed E-state index contributed by atoms with van der Waals surface area (Å²) < 4.78 is 11.3. The molecule has 0 radical (unpaired) electrons. The highest BCUT2D eigenvalue weighted by molar-refractivity contribution is 6.21. The summed E-state index contributed by atoms with van der Waals surface area (Å²) in [6.07, 6.45) is 3.34. The van der Waals surface area contributed by atoms with Gasteiger partial charge in [-0.3, -0.25) is 4.79 Å². The van der Waals surface area contributed by atoms with Crippen LogP contribution in [-0.4, -0.2) is 29.0 Å². The molecule has 2 aromatic carbocycles. The molecule has 28 heavy (non-hydrogen) atoms. The van der Waals surface area contributed by atoms with Crippen molar-refractivity contribution < 1.29 is 14.3 Å². The van der Waals surface area contributed by atoms with Crippen LogP contribution in [0.1, 0.15) is 29.8 Å². The third-order valence-electron chi connectivity index (χ3n) is 4.59. The van der Waals surface area contributed by atoms with Crippen LogP contribution in [0.2, 0.25) is 0 Å². The summed E-state index contributed by atoms with van der Waals surface area (Å²) in [5.41, 5.74) is 1.23. The number of carbonyl (C=O) groups excluding carboxylic acids is 1. The number of nitrogens with zero attached hydrogens (tertiary/aromatic N) is 2. The van der Waals surface area contributed by atoms with Crippen molar-refractivity contribution in [1.82, 2.24) is 9.97 Å². The third-order valence-corrected chi connectivity index (χ3v) is 4.59. The van der Waals surface area contributed by atoms with Crippen molar-refractivity contribution in [2.24, 2.45) is 0 Å². The summed E-state index contributed by atoms with van der Waals surface area (Å²) in [7, 11) is 0. The molecule has 2 heterocycles. The largest absolute Gasteiger partial charge is 0.478 e. The minimum Gasteiger partial charge on any atom is -0.478 e. The number of rotatable bonds is 6. The lowest BCUT2D eigenvalue weighted by Crippen LogP contribution is -2.05. The van der Waals surface area contributed by atoms with Crippen LogP contribution in [0.4, 0.5) is 0 Å². The van der Waals surface area contributed by atoms with Gasteiger partial charge in [0.15, 0.2) is 5.78 Å². The Morgan fingerprint density at radius 1 is 0.714 bits per heavy atom. The second-order valence-corrected chi connectivity index (χ2v) is 6.23. The zero-order valence-electron chi connectivity index (χ0n) is 15.8. The Balaban J connectivity index is 1.89. The van der Waals surface area contributed by atoms with E-state index >= 15 is 0 Å². The minimum absolute atomic E-state index is 0.0569. The molecule has 5 heteroatoms. The summed E-state index contributed by atoms with van der Waals surface area (Å²) in [4.78, 5) is 22.1. The Morgan fingerprint density at radius 2 is 1.18 bits per heavy atom. The molecule has 0 aliphatic heterocycles. The van der Waals surface area contributed by atoms with Crippen molar-refractivity contribution >= 4 is 27.3 Å². The van der Waals surface area contributed by atoms with Gasteiger partial charge in [0.25, 0.3) is 0 Å². The zero-order chi connectivity index (χ0) is 19.5. The Labute approximate surface area is 163 Å². The maximum absolute atomic E-state index is 13.5. The van der Waals surface area contributed by atoms with Crippen LogP contribution in [0.15, 0.2) is 60.9 Å². The monoisotopic (exact) mass is 372 g/mol. The maximum Gasteiger partial charge on any atom is 0.221 e. The van der Waals surface area contributed by atoms with E-state index in [0.29, 0.717) is 36.1 Å². The van der Waals surface area contributed by atoms with Gasteiger partial charge >= 0.3 is 0 Å². The van der Waals surface area contributed by atoms with Crippen molar-refractivity contribution in [3.8, 4) is 11.8 Å². The SMILES string of the molecule is CCOc1nccc2c(C(=O)c3cccc4c(OCC)nccc34)cccc12. The molecule has 0 bridgehead atoms. The summed E-state index contributed by atoms with van der Waals surface area (Å²) in [5.74, 6) is 1.02. The molecule has 0 saturated heterocycles. The number of carbonyl (C=O) groups is 1. The highest BCUT2D eigenvalue weighted by Crippen LogP contribution is 2.31. The van der Waals surface area contributed by atoms with Gasteiger partial charge in [-0.1, -0.05) is 24.3 Å². The molecule has 0 amide bonds. The van der Waals surface area contributed by atoms with Crippen molar-refractivity contribution in [2.45, 2.75) is 13.8 Å². The standard InChI is InChI=1S/C23H20N2O3/c1-3-27-22-19-9-5-7-17(15(19)11-13-24-22)21(26)18-8-6-10-20-16(18)12-14-25-23(20)28-4-2/h5-14H,3-4H2,1-2H3. The maximum atomic E-state index is 13.5. The van der Waals surface area contributed by atoms with Crippen LogP contribution in [0, 0.1) is 0 Å². The average Bonchev–Trinajstić information content (AvgIpc) is 2.73. The van der Waals surface area contributed by atoms with Gasteiger partial charge < -0.3 is 9.47 Å². The number of hydrogen-bond acceptors (Lipinski definition) is 5. The van der Waals surface area contributed by atoms with Gasteiger partial charge in [0, 0.05) is 34.3 Å². The van der Waals surface area contributed by atoms with Crippen molar-refractivity contribution in [2.75, 3.05) is 13.2 Å². The quantitative estimate of drug-likeness (QED) is 0.455. The number of pyridine rings is 2. The van der Waals surface area contributed by atoms with Gasteiger partial charge in [-0.25, -0.2) is 9.97 Å². The lowest BCUT2D eigenvalue weighted by atomic mass is 9.95. The Morgan fingerprint density at radius 3 is 1.61 bits per heavy atom. The molecule has 0 fully saturated rings. The van der Waals surface area contributed by atoms with Crippen molar-refractivity contribution in [3.63, 3.8) is 0 Å². The van der Waals surface area contributed by atoms with Gasteiger partial charge in [-0.2, -0.15) is 0 Å². The summed E-state index contributed by atoms with van der Waals surface area (Å²) in [5, 5.41) is 3.29. The number of ketones is 1. The van der Waals surface area contributed by atoms with Gasteiger partial charge in [0.05, 0.1) is 13.2 Å². The van der Waals surface area contributed by atoms with Crippen LogP contribution >= 0.6 is 0 Å². The molecule has 0 atom stereocenters. The number of benzene rings is 2. The normalized spacial score (nSPS) is 10.9. The van der Waals surface area contributed by atoms with Crippen LogP contribution in [-0.2, 0) is 0 Å². The molecule has 0 aliphatic rings. The third kappa shape index (κ3) is 3.05. The highest BCUT2D eigenvalue weighted by Gasteiger charge is 2.18.